The summed E-state index contributed by atoms with van der Waals surface area (Å²) in [7, 11) is 0. The van der Waals surface area contributed by atoms with E-state index in [9.17, 15) is 0 Å². The monoisotopic (exact) mass is 384 g/mol. The second-order valence-corrected chi connectivity index (χ2v) is 12.4. The van der Waals surface area contributed by atoms with Crippen molar-refractivity contribution in [3.63, 3.8) is 0 Å². The lowest BCUT2D eigenvalue weighted by molar-refractivity contribution is -0.114. The zero-order valence-corrected chi connectivity index (χ0v) is 19.7. The molecule has 0 amide bonds. The minimum Gasteiger partial charge on any atom is -0.0999 e. The normalized spacial score (nSPS) is 47.5. The van der Waals surface area contributed by atoms with Gasteiger partial charge in [-0.2, -0.15) is 0 Å². The molecule has 0 nitrogen and oxygen atoms in total. The maximum atomic E-state index is 4.19. The molecule has 0 bridgehead atoms. The highest BCUT2D eigenvalue weighted by Crippen LogP contribution is 2.68. The summed E-state index contributed by atoms with van der Waals surface area (Å²) >= 11 is 0. The Kier molecular flexibility index (Phi) is 5.83. The summed E-state index contributed by atoms with van der Waals surface area (Å²) in [6, 6.07) is 0. The van der Waals surface area contributed by atoms with Crippen LogP contribution in [0.15, 0.2) is 12.2 Å². The zero-order valence-electron chi connectivity index (χ0n) is 19.7. The van der Waals surface area contributed by atoms with E-state index in [2.05, 4.69) is 41.2 Å². The van der Waals surface area contributed by atoms with Crippen molar-refractivity contribution in [2.24, 2.45) is 52.3 Å². The first-order chi connectivity index (χ1) is 13.3. The minimum atomic E-state index is 0.644. The maximum absolute atomic E-state index is 4.19. The van der Waals surface area contributed by atoms with Crippen molar-refractivity contribution in [3.8, 4) is 0 Å². The van der Waals surface area contributed by atoms with Crippen molar-refractivity contribution in [1.82, 2.24) is 0 Å². The van der Waals surface area contributed by atoms with Gasteiger partial charge in [0.05, 0.1) is 0 Å². The SMILES string of the molecule is C=C(C)C(C)CC[C@@H](C)[C@H]1CC[C@H]2[C@@H]3CCC4CCCC[C@]4(C)[C@H]3CC[C@]12C. The van der Waals surface area contributed by atoms with Crippen LogP contribution >= 0.6 is 0 Å². The molecule has 4 saturated carbocycles. The van der Waals surface area contributed by atoms with Crippen LogP contribution in [0.25, 0.3) is 0 Å². The van der Waals surface area contributed by atoms with Gasteiger partial charge in [0.2, 0.25) is 0 Å². The number of hydrogen-bond acceptors (Lipinski definition) is 0. The zero-order chi connectivity index (χ0) is 20.1. The first-order valence-corrected chi connectivity index (χ1v) is 12.9. The summed E-state index contributed by atoms with van der Waals surface area (Å²) < 4.78 is 0. The Morgan fingerprint density at radius 1 is 0.857 bits per heavy atom. The molecule has 4 rings (SSSR count). The third-order valence-corrected chi connectivity index (χ3v) is 11.2. The molecule has 28 heavy (non-hydrogen) atoms. The number of rotatable bonds is 5. The third kappa shape index (κ3) is 3.33. The predicted octanol–water partition coefficient (Wildman–Crippen LogP) is 8.66. The number of fused-ring (bicyclic) bond motifs is 5. The maximum Gasteiger partial charge on any atom is -0.0237 e. The highest BCUT2D eigenvalue weighted by Gasteiger charge is 2.60. The lowest BCUT2D eigenvalue weighted by Crippen LogP contribution is -2.53. The van der Waals surface area contributed by atoms with Gasteiger partial charge in [0.25, 0.3) is 0 Å². The Morgan fingerprint density at radius 3 is 2.36 bits per heavy atom. The van der Waals surface area contributed by atoms with Crippen LogP contribution in [0.1, 0.15) is 112 Å². The first kappa shape index (κ1) is 21.0. The summed E-state index contributed by atoms with van der Waals surface area (Å²) in [5.74, 6) is 6.79. The van der Waals surface area contributed by atoms with Crippen LogP contribution in [-0.4, -0.2) is 0 Å². The third-order valence-electron chi connectivity index (χ3n) is 11.2. The van der Waals surface area contributed by atoms with E-state index in [0.717, 1.165) is 35.5 Å². The molecule has 0 saturated heterocycles. The van der Waals surface area contributed by atoms with E-state index in [1.165, 1.54) is 44.1 Å². The standard InChI is InChI=1S/C28H48/c1-19(2)20(3)10-11-21(4)24-14-15-25-23-13-12-22-9-7-8-17-27(22,5)26(23)16-18-28(24,25)6/h20-26H,1,7-18H2,2-6H3/t20?,21-,22?,23+,24-,25+,26+,27+,28-/m1/s1. The van der Waals surface area contributed by atoms with Crippen molar-refractivity contribution >= 4 is 0 Å². The van der Waals surface area contributed by atoms with Gasteiger partial charge < -0.3 is 0 Å². The van der Waals surface area contributed by atoms with Crippen LogP contribution in [0.3, 0.4) is 0 Å². The highest BCUT2D eigenvalue weighted by atomic mass is 14.6. The minimum absolute atomic E-state index is 0.644. The van der Waals surface area contributed by atoms with Gasteiger partial charge in [-0.05, 0) is 123 Å². The summed E-state index contributed by atoms with van der Waals surface area (Å²) in [6.07, 6.45) is 18.1. The molecule has 4 fully saturated rings. The lowest BCUT2D eigenvalue weighted by Gasteiger charge is -2.61. The molecule has 4 aliphatic carbocycles. The fraction of sp³-hybridized carbons (Fsp3) is 0.929. The van der Waals surface area contributed by atoms with E-state index in [1.54, 1.807) is 38.5 Å². The van der Waals surface area contributed by atoms with Crippen LogP contribution in [0.4, 0.5) is 0 Å². The van der Waals surface area contributed by atoms with E-state index in [0.29, 0.717) is 16.7 Å². The van der Waals surface area contributed by atoms with Crippen LogP contribution < -0.4 is 0 Å². The average Bonchev–Trinajstić information content (AvgIpc) is 3.02. The van der Waals surface area contributed by atoms with E-state index >= 15 is 0 Å². The molecular weight excluding hydrogens is 336 g/mol. The van der Waals surface area contributed by atoms with E-state index in [-0.39, 0.29) is 0 Å². The van der Waals surface area contributed by atoms with Crippen LogP contribution in [-0.2, 0) is 0 Å². The molecule has 0 N–H and O–H groups in total. The van der Waals surface area contributed by atoms with Crippen molar-refractivity contribution in [1.29, 1.82) is 0 Å². The molecule has 0 aliphatic heterocycles. The molecule has 4 aliphatic rings. The Balaban J connectivity index is 1.47. The fourth-order valence-electron chi connectivity index (χ4n) is 9.23. The summed E-state index contributed by atoms with van der Waals surface area (Å²) in [5.41, 5.74) is 2.72. The van der Waals surface area contributed by atoms with Crippen molar-refractivity contribution < 1.29 is 0 Å². The fourth-order valence-corrected chi connectivity index (χ4v) is 9.23. The van der Waals surface area contributed by atoms with E-state index in [4.69, 9.17) is 0 Å². The number of hydrogen-bond donors (Lipinski definition) is 0. The van der Waals surface area contributed by atoms with Gasteiger partial charge in [-0.3, -0.25) is 0 Å². The highest BCUT2D eigenvalue weighted by molar-refractivity contribution is 5.09. The molecule has 0 heterocycles. The Bertz CT molecular complexity index is 575. The lowest BCUT2D eigenvalue weighted by atomic mass is 9.44. The van der Waals surface area contributed by atoms with Crippen molar-refractivity contribution in [3.05, 3.63) is 12.2 Å². The predicted molar refractivity (Wildman–Crippen MR) is 122 cm³/mol. The molecule has 0 heteroatoms. The van der Waals surface area contributed by atoms with Gasteiger partial charge in [0.15, 0.2) is 0 Å². The largest absolute Gasteiger partial charge is 0.0999 e. The summed E-state index contributed by atoms with van der Waals surface area (Å²) in [5, 5.41) is 0. The molecule has 0 aromatic rings. The van der Waals surface area contributed by atoms with Gasteiger partial charge >= 0.3 is 0 Å². The quantitative estimate of drug-likeness (QED) is 0.416. The Morgan fingerprint density at radius 2 is 1.61 bits per heavy atom. The van der Waals surface area contributed by atoms with E-state index < -0.39 is 0 Å². The summed E-state index contributed by atoms with van der Waals surface area (Å²) in [4.78, 5) is 0. The number of allylic oxidation sites excluding steroid dienone is 1. The molecule has 2 unspecified atom stereocenters. The molecule has 0 spiro atoms. The average molecular weight is 385 g/mol. The molecule has 160 valence electrons. The molecule has 0 aromatic heterocycles. The molecule has 9 atom stereocenters. The van der Waals surface area contributed by atoms with Crippen LogP contribution in [0, 0.1) is 52.3 Å². The first-order valence-electron chi connectivity index (χ1n) is 12.9. The smallest absolute Gasteiger partial charge is 0.0237 e. The topological polar surface area (TPSA) is 0 Å². The van der Waals surface area contributed by atoms with Crippen LogP contribution in [0.2, 0.25) is 0 Å². The second-order valence-electron chi connectivity index (χ2n) is 12.4. The van der Waals surface area contributed by atoms with E-state index in [1.807, 2.05) is 0 Å². The van der Waals surface area contributed by atoms with Gasteiger partial charge in [0.1, 0.15) is 0 Å². The van der Waals surface area contributed by atoms with Gasteiger partial charge in [-0.1, -0.05) is 52.7 Å². The second kappa shape index (κ2) is 7.77. The van der Waals surface area contributed by atoms with Crippen molar-refractivity contribution in [2.45, 2.75) is 112 Å². The molecule has 0 aromatic carbocycles. The molecular formula is C28H48. The Labute approximate surface area is 176 Å². The van der Waals surface area contributed by atoms with Gasteiger partial charge in [-0.25, -0.2) is 0 Å². The van der Waals surface area contributed by atoms with Gasteiger partial charge in [-0.15, -0.1) is 0 Å². The Hall–Kier alpha value is -0.260. The van der Waals surface area contributed by atoms with Crippen LogP contribution in [0.5, 0.6) is 0 Å². The van der Waals surface area contributed by atoms with Gasteiger partial charge in [0, 0.05) is 0 Å². The van der Waals surface area contributed by atoms with Crippen molar-refractivity contribution in [2.75, 3.05) is 0 Å². The molecule has 0 radical (unpaired) electrons. The summed E-state index contributed by atoms with van der Waals surface area (Å²) in [6.45, 7) is 16.8.